The first kappa shape index (κ1) is 16.0. The lowest BCUT2D eigenvalue weighted by Gasteiger charge is -2.09. The minimum absolute atomic E-state index is 0.456. The molecule has 0 bridgehead atoms. The molecular formula is C17H22N4O. The topological polar surface area (TPSA) is 63.7 Å². The van der Waals surface area contributed by atoms with Crippen LogP contribution in [0.25, 0.3) is 0 Å². The Balaban J connectivity index is 1.79. The number of unbranched alkanes of at least 4 members (excludes halogenated alkanes) is 1. The molecule has 0 aliphatic heterocycles. The number of para-hydroxylation sites is 1. The van der Waals surface area contributed by atoms with Gasteiger partial charge in [-0.05, 0) is 37.8 Å². The number of aromatic nitrogens is 3. The molecule has 22 heavy (non-hydrogen) atoms. The molecule has 2 rings (SSSR count). The molecule has 0 atom stereocenters. The highest BCUT2D eigenvalue weighted by Crippen LogP contribution is 2.16. The maximum Gasteiger partial charge on any atom is 0.185 e. The summed E-state index contributed by atoms with van der Waals surface area (Å²) in [6.07, 6.45) is 3.73. The van der Waals surface area contributed by atoms with Gasteiger partial charge in [-0.15, -0.1) is 5.10 Å². The van der Waals surface area contributed by atoms with Crippen molar-refractivity contribution in [2.75, 3.05) is 6.61 Å². The summed E-state index contributed by atoms with van der Waals surface area (Å²) in [4.78, 5) is 0. The van der Waals surface area contributed by atoms with E-state index in [9.17, 15) is 0 Å². The second kappa shape index (κ2) is 8.18. The van der Waals surface area contributed by atoms with Crippen LogP contribution in [-0.2, 0) is 13.0 Å². The molecule has 5 nitrogen and oxygen atoms in total. The molecule has 0 spiro atoms. The van der Waals surface area contributed by atoms with Gasteiger partial charge in [0.1, 0.15) is 11.8 Å². The zero-order chi connectivity index (χ0) is 15.8. The van der Waals surface area contributed by atoms with Crippen molar-refractivity contribution in [1.82, 2.24) is 15.0 Å². The van der Waals surface area contributed by atoms with E-state index in [4.69, 9.17) is 10.00 Å². The molecule has 1 aromatic carbocycles. The summed E-state index contributed by atoms with van der Waals surface area (Å²) in [6.45, 7) is 5.61. The molecule has 0 unspecified atom stereocenters. The summed E-state index contributed by atoms with van der Waals surface area (Å²) in [5, 5.41) is 17.0. The predicted molar refractivity (Wildman–Crippen MR) is 84.6 cm³/mol. The number of rotatable bonds is 8. The summed E-state index contributed by atoms with van der Waals surface area (Å²) >= 11 is 0. The second-order valence-corrected chi connectivity index (χ2v) is 5.29. The highest BCUT2D eigenvalue weighted by Gasteiger charge is 2.11. The van der Waals surface area contributed by atoms with E-state index in [0.29, 0.717) is 12.3 Å². The fourth-order valence-electron chi connectivity index (χ4n) is 2.35. The van der Waals surface area contributed by atoms with Gasteiger partial charge in [-0.2, -0.15) is 5.26 Å². The molecule has 1 aromatic heterocycles. The maximum atomic E-state index is 9.03. The highest BCUT2D eigenvalue weighted by atomic mass is 16.5. The van der Waals surface area contributed by atoms with Gasteiger partial charge in [0, 0.05) is 6.54 Å². The van der Waals surface area contributed by atoms with Gasteiger partial charge in [0.25, 0.3) is 0 Å². The van der Waals surface area contributed by atoms with Crippen molar-refractivity contribution < 1.29 is 4.74 Å². The molecule has 0 saturated heterocycles. The second-order valence-electron chi connectivity index (χ2n) is 5.29. The van der Waals surface area contributed by atoms with Crippen LogP contribution in [0.15, 0.2) is 24.3 Å². The van der Waals surface area contributed by atoms with Crippen molar-refractivity contribution in [3.8, 4) is 11.8 Å². The molecule has 0 aliphatic carbocycles. The van der Waals surface area contributed by atoms with Gasteiger partial charge in [-0.1, -0.05) is 36.8 Å². The van der Waals surface area contributed by atoms with E-state index >= 15 is 0 Å². The lowest BCUT2D eigenvalue weighted by atomic mass is 10.2. The number of hydrogen-bond donors (Lipinski definition) is 0. The summed E-state index contributed by atoms with van der Waals surface area (Å²) in [6, 6.07) is 10.1. The number of aryl methyl sites for hydroxylation is 2. The Hall–Kier alpha value is -2.35. The maximum absolute atomic E-state index is 9.03. The fraction of sp³-hybridized carbons (Fsp3) is 0.471. The van der Waals surface area contributed by atoms with Gasteiger partial charge in [0.05, 0.1) is 12.3 Å². The fourth-order valence-corrected chi connectivity index (χ4v) is 2.35. The average Bonchev–Trinajstić information content (AvgIpc) is 2.91. The highest BCUT2D eigenvalue weighted by molar-refractivity contribution is 5.31. The zero-order valence-corrected chi connectivity index (χ0v) is 13.2. The first-order chi connectivity index (χ1) is 10.8. The third-order valence-corrected chi connectivity index (χ3v) is 3.55. The lowest BCUT2D eigenvalue weighted by molar-refractivity contribution is 0.299. The average molecular weight is 298 g/mol. The Bertz CT molecular complexity index is 642. The number of benzene rings is 1. The largest absolute Gasteiger partial charge is 0.493 e. The first-order valence-electron chi connectivity index (χ1n) is 7.77. The van der Waals surface area contributed by atoms with Crippen LogP contribution in [-0.4, -0.2) is 21.6 Å². The van der Waals surface area contributed by atoms with Gasteiger partial charge < -0.3 is 4.74 Å². The summed E-state index contributed by atoms with van der Waals surface area (Å²) in [5.41, 5.74) is 2.56. The summed E-state index contributed by atoms with van der Waals surface area (Å²) in [7, 11) is 0. The van der Waals surface area contributed by atoms with Gasteiger partial charge in [-0.25, -0.2) is 4.68 Å². The molecule has 0 fully saturated rings. The normalized spacial score (nSPS) is 10.4. The van der Waals surface area contributed by atoms with E-state index in [-0.39, 0.29) is 0 Å². The molecule has 2 aromatic rings. The molecule has 116 valence electrons. The minimum Gasteiger partial charge on any atom is -0.493 e. The van der Waals surface area contributed by atoms with Gasteiger partial charge >= 0.3 is 0 Å². The molecule has 0 aliphatic rings. The van der Waals surface area contributed by atoms with Crippen LogP contribution in [0.2, 0.25) is 0 Å². The smallest absolute Gasteiger partial charge is 0.185 e. The third-order valence-electron chi connectivity index (χ3n) is 3.55. The van der Waals surface area contributed by atoms with Crippen LogP contribution in [0.5, 0.6) is 5.75 Å². The SMILES string of the molecule is CCCc1c(C#N)nnn1CCCCOc1ccccc1C. The monoisotopic (exact) mass is 298 g/mol. The van der Waals surface area contributed by atoms with E-state index in [1.165, 1.54) is 0 Å². The van der Waals surface area contributed by atoms with Crippen LogP contribution in [0.4, 0.5) is 0 Å². The Morgan fingerprint density at radius 3 is 2.82 bits per heavy atom. The van der Waals surface area contributed by atoms with Gasteiger partial charge in [0.2, 0.25) is 0 Å². The number of hydrogen-bond acceptors (Lipinski definition) is 4. The van der Waals surface area contributed by atoms with E-state index in [1.54, 1.807) is 0 Å². The molecular weight excluding hydrogens is 276 g/mol. The quantitative estimate of drug-likeness (QED) is 0.702. The first-order valence-corrected chi connectivity index (χ1v) is 7.77. The Labute approximate surface area is 131 Å². The van der Waals surface area contributed by atoms with Crippen LogP contribution in [0.1, 0.15) is 43.1 Å². The van der Waals surface area contributed by atoms with Crippen LogP contribution >= 0.6 is 0 Å². The minimum atomic E-state index is 0.456. The van der Waals surface area contributed by atoms with Crippen LogP contribution < -0.4 is 4.74 Å². The summed E-state index contributed by atoms with van der Waals surface area (Å²) < 4.78 is 7.64. The van der Waals surface area contributed by atoms with Crippen molar-refractivity contribution >= 4 is 0 Å². The predicted octanol–water partition coefficient (Wildman–Crippen LogP) is 3.27. The molecule has 0 amide bonds. The van der Waals surface area contributed by atoms with Gasteiger partial charge in [0.15, 0.2) is 5.69 Å². The Morgan fingerprint density at radius 2 is 2.09 bits per heavy atom. The number of nitriles is 1. The van der Waals surface area contributed by atoms with Gasteiger partial charge in [-0.3, -0.25) is 0 Å². The van der Waals surface area contributed by atoms with Crippen molar-refractivity contribution in [2.24, 2.45) is 0 Å². The standard InChI is InChI=1S/C17H22N4O/c1-3-8-16-15(13-18)19-20-21(16)11-6-7-12-22-17-10-5-4-9-14(17)2/h4-5,9-10H,3,6-8,11-12H2,1-2H3. The van der Waals surface area contributed by atoms with Crippen molar-refractivity contribution in [1.29, 1.82) is 5.26 Å². The third kappa shape index (κ3) is 4.08. The number of ether oxygens (including phenoxy) is 1. The van der Waals surface area contributed by atoms with E-state index in [0.717, 1.165) is 49.2 Å². The van der Waals surface area contributed by atoms with E-state index < -0.39 is 0 Å². The Morgan fingerprint density at radius 1 is 1.27 bits per heavy atom. The van der Waals surface area contributed by atoms with Crippen LogP contribution in [0.3, 0.4) is 0 Å². The van der Waals surface area contributed by atoms with E-state index in [1.807, 2.05) is 35.9 Å². The molecule has 1 heterocycles. The lowest BCUT2D eigenvalue weighted by Crippen LogP contribution is -2.08. The molecule has 0 saturated carbocycles. The molecule has 5 heteroatoms. The molecule has 0 radical (unpaired) electrons. The van der Waals surface area contributed by atoms with Crippen LogP contribution in [0, 0.1) is 18.3 Å². The Kier molecular flexibility index (Phi) is 5.96. The van der Waals surface area contributed by atoms with Crippen molar-refractivity contribution in [2.45, 2.75) is 46.1 Å². The van der Waals surface area contributed by atoms with Crippen molar-refractivity contribution in [3.63, 3.8) is 0 Å². The van der Waals surface area contributed by atoms with Crippen molar-refractivity contribution in [3.05, 3.63) is 41.2 Å². The molecule has 0 N–H and O–H groups in total. The summed E-state index contributed by atoms with van der Waals surface area (Å²) in [5.74, 6) is 0.946. The van der Waals surface area contributed by atoms with E-state index in [2.05, 4.69) is 23.3 Å². The number of nitrogens with zero attached hydrogens (tertiary/aromatic N) is 4. The zero-order valence-electron chi connectivity index (χ0n) is 13.2.